The molecule has 1 amide bonds. The number of nitrogens with zero attached hydrogens (tertiary/aromatic N) is 1. The van der Waals surface area contributed by atoms with Crippen LogP contribution in [0, 0.1) is 6.92 Å². The van der Waals surface area contributed by atoms with Gasteiger partial charge in [-0.3, -0.25) is 0 Å². The first-order valence-electron chi connectivity index (χ1n) is 6.30. The second-order valence-corrected chi connectivity index (χ2v) is 7.67. The molecule has 0 aromatic heterocycles. The van der Waals surface area contributed by atoms with Crippen LogP contribution in [0.3, 0.4) is 0 Å². The van der Waals surface area contributed by atoms with Gasteiger partial charge in [0.2, 0.25) is 0 Å². The highest BCUT2D eigenvalue weighted by atomic mass is 79.9. The molecule has 0 saturated carbocycles. The van der Waals surface area contributed by atoms with Crippen LogP contribution < -0.4 is 0 Å². The molecule has 1 aliphatic heterocycles. The number of sulfonamides is 1. The molecule has 7 heteroatoms. The zero-order valence-corrected chi connectivity index (χ0v) is 13.6. The number of halogens is 1. The third-order valence-electron chi connectivity index (χ3n) is 3.24. The van der Waals surface area contributed by atoms with Crippen LogP contribution in [0.4, 0.5) is 4.79 Å². The number of aryl methyl sites for hydroxylation is 1. The minimum atomic E-state index is -3.88. The fourth-order valence-corrected chi connectivity index (χ4v) is 4.11. The Morgan fingerprint density at radius 3 is 2.55 bits per heavy atom. The molecule has 110 valence electrons. The molecule has 1 aliphatic rings. The average Bonchev–Trinajstić information content (AvgIpc) is 2.81. The van der Waals surface area contributed by atoms with Gasteiger partial charge in [-0.05, 0) is 25.5 Å². The Hall–Kier alpha value is -1.08. The van der Waals surface area contributed by atoms with E-state index in [9.17, 15) is 13.2 Å². The molecule has 1 fully saturated rings. The van der Waals surface area contributed by atoms with Crippen molar-refractivity contribution in [2.45, 2.75) is 36.0 Å². The lowest BCUT2D eigenvalue weighted by Gasteiger charge is -2.24. The molecule has 0 bridgehead atoms. The van der Waals surface area contributed by atoms with Gasteiger partial charge in [0.05, 0.1) is 10.9 Å². The molecule has 0 radical (unpaired) electrons. The summed E-state index contributed by atoms with van der Waals surface area (Å²) in [5.41, 5.74) is 0.955. The van der Waals surface area contributed by atoms with Crippen molar-refractivity contribution in [3.8, 4) is 0 Å². The van der Waals surface area contributed by atoms with Gasteiger partial charge in [-0.2, -0.15) is 4.31 Å². The van der Waals surface area contributed by atoms with Crippen LogP contribution in [0.25, 0.3) is 0 Å². The smallest absolute Gasteiger partial charge is 0.424 e. The quantitative estimate of drug-likeness (QED) is 0.773. The number of hydrogen-bond acceptors (Lipinski definition) is 4. The van der Waals surface area contributed by atoms with Crippen molar-refractivity contribution < 1.29 is 17.9 Å². The monoisotopic (exact) mass is 361 g/mol. The Bertz CT molecular complexity index is 599. The molecule has 1 saturated heterocycles. The molecule has 0 aliphatic carbocycles. The van der Waals surface area contributed by atoms with E-state index in [1.165, 1.54) is 12.1 Å². The zero-order chi connectivity index (χ0) is 14.9. The van der Waals surface area contributed by atoms with Crippen LogP contribution in [-0.2, 0) is 14.8 Å². The van der Waals surface area contributed by atoms with E-state index in [0.29, 0.717) is 6.42 Å². The van der Waals surface area contributed by atoms with E-state index in [4.69, 9.17) is 4.74 Å². The number of alkyl halides is 1. The van der Waals surface area contributed by atoms with E-state index in [1.807, 2.05) is 13.8 Å². The van der Waals surface area contributed by atoms with Crippen molar-refractivity contribution in [1.82, 2.24) is 4.31 Å². The van der Waals surface area contributed by atoms with Crippen LogP contribution in [-0.4, -0.2) is 36.3 Å². The summed E-state index contributed by atoms with van der Waals surface area (Å²) in [6, 6.07) is 5.90. The van der Waals surface area contributed by atoms with Crippen LogP contribution in [0.2, 0.25) is 0 Å². The Kier molecular flexibility index (Phi) is 4.39. The third-order valence-corrected chi connectivity index (χ3v) is 6.31. The van der Waals surface area contributed by atoms with Gasteiger partial charge in [-0.15, -0.1) is 0 Å². The lowest BCUT2D eigenvalue weighted by molar-refractivity contribution is 0.170. The molecule has 2 rings (SSSR count). The lowest BCUT2D eigenvalue weighted by Crippen LogP contribution is -2.43. The molecule has 0 N–H and O–H groups in total. The summed E-state index contributed by atoms with van der Waals surface area (Å²) in [6.45, 7) is 3.86. The summed E-state index contributed by atoms with van der Waals surface area (Å²) < 4.78 is 30.9. The molecule has 0 spiro atoms. The van der Waals surface area contributed by atoms with Crippen molar-refractivity contribution in [3.63, 3.8) is 0 Å². The van der Waals surface area contributed by atoms with Gasteiger partial charge >= 0.3 is 6.09 Å². The molecule has 5 nitrogen and oxygen atoms in total. The van der Waals surface area contributed by atoms with Gasteiger partial charge in [-0.1, -0.05) is 40.5 Å². The normalized spacial score (nSPS) is 20.9. The SMILES string of the molecule is CC[C@@H](Br)C1COC(=O)N1S(=O)(=O)c1ccc(C)cc1. The number of benzene rings is 1. The van der Waals surface area contributed by atoms with Gasteiger partial charge < -0.3 is 4.74 Å². The second kappa shape index (κ2) is 5.73. The molecule has 2 atom stereocenters. The summed E-state index contributed by atoms with van der Waals surface area (Å²) in [5, 5.41) is 0. The number of rotatable bonds is 4. The van der Waals surface area contributed by atoms with E-state index in [2.05, 4.69) is 15.9 Å². The van der Waals surface area contributed by atoms with Crippen molar-refractivity contribution in [3.05, 3.63) is 29.8 Å². The Labute approximate surface area is 127 Å². The Balaban J connectivity index is 2.40. The van der Waals surface area contributed by atoms with E-state index >= 15 is 0 Å². The van der Waals surface area contributed by atoms with Crippen molar-refractivity contribution >= 4 is 32.0 Å². The third kappa shape index (κ3) is 2.69. The highest BCUT2D eigenvalue weighted by molar-refractivity contribution is 9.09. The molecular weight excluding hydrogens is 346 g/mol. The maximum Gasteiger partial charge on any atom is 0.424 e. The first-order valence-corrected chi connectivity index (χ1v) is 8.65. The van der Waals surface area contributed by atoms with Gasteiger partial charge in [0, 0.05) is 4.83 Å². The standard InChI is InChI=1S/C13H16BrNO4S/c1-3-11(14)12-8-19-13(16)15(12)20(17,18)10-6-4-9(2)5-7-10/h4-7,11-12H,3,8H2,1-2H3/t11-,12?/m1/s1. The van der Waals surface area contributed by atoms with Crippen molar-refractivity contribution in [2.24, 2.45) is 0 Å². The Morgan fingerprint density at radius 1 is 1.40 bits per heavy atom. The van der Waals surface area contributed by atoms with Crippen molar-refractivity contribution in [2.75, 3.05) is 6.61 Å². The highest BCUT2D eigenvalue weighted by Crippen LogP contribution is 2.29. The molecule has 1 aromatic rings. The van der Waals surface area contributed by atoms with E-state index in [-0.39, 0.29) is 16.3 Å². The lowest BCUT2D eigenvalue weighted by atomic mass is 10.2. The summed E-state index contributed by atoms with van der Waals surface area (Å²) in [5.74, 6) is 0. The van der Waals surface area contributed by atoms with Gasteiger partial charge in [-0.25, -0.2) is 13.2 Å². The molecule has 1 heterocycles. The number of hydrogen-bond donors (Lipinski definition) is 0. The van der Waals surface area contributed by atoms with Crippen LogP contribution in [0.5, 0.6) is 0 Å². The number of ether oxygens (including phenoxy) is 1. The average molecular weight is 362 g/mol. The number of cyclic esters (lactones) is 1. The van der Waals surface area contributed by atoms with E-state index < -0.39 is 22.2 Å². The van der Waals surface area contributed by atoms with Gasteiger partial charge in [0.25, 0.3) is 10.0 Å². The summed E-state index contributed by atoms with van der Waals surface area (Å²) in [6.07, 6.45) is -0.116. The highest BCUT2D eigenvalue weighted by Gasteiger charge is 2.45. The molecule has 1 aromatic carbocycles. The predicted octanol–water partition coefficient (Wildman–Crippen LogP) is 2.68. The minimum Gasteiger partial charge on any atom is -0.446 e. The fraction of sp³-hybridized carbons (Fsp3) is 0.462. The van der Waals surface area contributed by atoms with Gasteiger partial charge in [0.1, 0.15) is 6.61 Å². The minimum absolute atomic E-state index is 0.0771. The summed E-state index contributed by atoms with van der Waals surface area (Å²) in [7, 11) is -3.88. The second-order valence-electron chi connectivity index (χ2n) is 4.68. The maximum absolute atomic E-state index is 12.6. The van der Waals surface area contributed by atoms with Crippen molar-refractivity contribution in [1.29, 1.82) is 0 Å². The summed E-state index contributed by atoms with van der Waals surface area (Å²) in [4.78, 5) is 11.8. The zero-order valence-electron chi connectivity index (χ0n) is 11.2. The van der Waals surface area contributed by atoms with Crippen LogP contribution in [0.1, 0.15) is 18.9 Å². The number of carbonyl (C=O) groups excluding carboxylic acids is 1. The van der Waals surface area contributed by atoms with Crippen LogP contribution in [0.15, 0.2) is 29.2 Å². The van der Waals surface area contributed by atoms with Crippen LogP contribution >= 0.6 is 15.9 Å². The molecular formula is C13H16BrNO4S. The maximum atomic E-state index is 12.6. The number of carbonyl (C=O) groups is 1. The first kappa shape index (κ1) is 15.3. The van der Waals surface area contributed by atoms with Gasteiger partial charge in [0.15, 0.2) is 0 Å². The topological polar surface area (TPSA) is 63.7 Å². The van der Waals surface area contributed by atoms with E-state index in [0.717, 1.165) is 9.87 Å². The molecule has 1 unspecified atom stereocenters. The summed E-state index contributed by atoms with van der Waals surface area (Å²) >= 11 is 3.41. The molecule has 20 heavy (non-hydrogen) atoms. The number of amides is 1. The van der Waals surface area contributed by atoms with E-state index in [1.54, 1.807) is 12.1 Å². The first-order chi connectivity index (χ1) is 9.37. The Morgan fingerprint density at radius 2 is 2.00 bits per heavy atom. The predicted molar refractivity (Wildman–Crippen MR) is 78.3 cm³/mol. The fourth-order valence-electron chi connectivity index (χ4n) is 2.05. The largest absolute Gasteiger partial charge is 0.446 e.